The molecule has 0 aliphatic heterocycles. The molecule has 1 atom stereocenters. The van der Waals surface area contributed by atoms with Gasteiger partial charge in [-0.05, 0) is 12.8 Å². The summed E-state index contributed by atoms with van der Waals surface area (Å²) in [7, 11) is 0. The first-order valence-corrected chi connectivity index (χ1v) is 6.81. The number of hydrogen-bond donors (Lipinski definition) is 4. The van der Waals surface area contributed by atoms with Gasteiger partial charge in [-0.2, -0.15) is 0 Å². The Morgan fingerprint density at radius 2 is 2.10 bits per heavy atom. The third-order valence-electron chi connectivity index (χ3n) is 2.72. The number of nitrogens with zero attached hydrogens (tertiary/aromatic N) is 1. The van der Waals surface area contributed by atoms with Gasteiger partial charge in [-0.3, -0.25) is 10.1 Å². The van der Waals surface area contributed by atoms with Crippen molar-refractivity contribution < 1.29 is 24.6 Å². The van der Waals surface area contributed by atoms with Crippen LogP contribution in [0.4, 0.5) is 9.93 Å². The predicted molar refractivity (Wildman–Crippen MR) is 69.9 cm³/mol. The smallest absolute Gasteiger partial charge is 0.326 e. The molecule has 0 spiro atoms. The molecule has 4 N–H and O–H groups in total. The number of carboxylic acid groups (broad SMARTS) is 2. The van der Waals surface area contributed by atoms with Crippen molar-refractivity contribution in [2.45, 2.75) is 31.2 Å². The molecule has 0 saturated heterocycles. The van der Waals surface area contributed by atoms with Gasteiger partial charge in [-0.1, -0.05) is 0 Å². The Bertz CT molecular complexity index is 540. The summed E-state index contributed by atoms with van der Waals surface area (Å²) in [5, 5.41) is 24.1. The van der Waals surface area contributed by atoms with Crippen molar-refractivity contribution in [2.75, 3.05) is 5.32 Å². The number of aromatic nitrogens is 1. The lowest BCUT2D eigenvalue weighted by Crippen LogP contribution is -2.44. The van der Waals surface area contributed by atoms with Crippen molar-refractivity contribution in [2.24, 2.45) is 0 Å². The molecule has 108 valence electrons. The highest BCUT2D eigenvalue weighted by Crippen LogP contribution is 2.40. The lowest BCUT2D eigenvalue weighted by atomic mass is 10.2. The lowest BCUT2D eigenvalue weighted by Gasteiger charge is -2.12. The molecule has 20 heavy (non-hydrogen) atoms. The number of amides is 2. The third kappa shape index (κ3) is 3.92. The van der Waals surface area contributed by atoms with E-state index in [0.717, 1.165) is 18.5 Å². The van der Waals surface area contributed by atoms with Gasteiger partial charge in [0.25, 0.3) is 0 Å². The summed E-state index contributed by atoms with van der Waals surface area (Å²) in [6.07, 6.45) is 1.50. The summed E-state index contributed by atoms with van der Waals surface area (Å²) in [6.45, 7) is 0. The summed E-state index contributed by atoms with van der Waals surface area (Å²) in [5.41, 5.74) is 0.922. The fourth-order valence-corrected chi connectivity index (χ4v) is 2.36. The summed E-state index contributed by atoms with van der Waals surface area (Å²) >= 11 is 1.25. The lowest BCUT2D eigenvalue weighted by molar-refractivity contribution is -0.145. The van der Waals surface area contributed by atoms with Crippen LogP contribution in [0.3, 0.4) is 0 Å². The van der Waals surface area contributed by atoms with Gasteiger partial charge >= 0.3 is 18.0 Å². The second-order valence-electron chi connectivity index (χ2n) is 4.44. The molecule has 2 amide bonds. The summed E-state index contributed by atoms with van der Waals surface area (Å²) in [6, 6.07) is -2.26. The first-order valence-electron chi connectivity index (χ1n) is 5.93. The fraction of sp³-hybridized carbons (Fsp3) is 0.455. The molecule has 1 aromatic rings. The van der Waals surface area contributed by atoms with Gasteiger partial charge in [-0.15, -0.1) is 11.3 Å². The third-order valence-corrected chi connectivity index (χ3v) is 3.50. The highest BCUT2D eigenvalue weighted by molar-refractivity contribution is 7.13. The van der Waals surface area contributed by atoms with Crippen molar-refractivity contribution in [3.63, 3.8) is 0 Å². The van der Waals surface area contributed by atoms with Crippen molar-refractivity contribution >= 4 is 34.4 Å². The predicted octanol–water partition coefficient (Wildman–Crippen LogP) is 1.07. The number of carboxylic acids is 2. The quantitative estimate of drug-likeness (QED) is 0.622. The Morgan fingerprint density at radius 3 is 2.65 bits per heavy atom. The van der Waals surface area contributed by atoms with Gasteiger partial charge in [0.15, 0.2) is 5.13 Å². The average molecular weight is 299 g/mol. The highest BCUT2D eigenvalue weighted by Gasteiger charge is 2.27. The van der Waals surface area contributed by atoms with Crippen molar-refractivity contribution in [3.05, 3.63) is 11.1 Å². The summed E-state index contributed by atoms with van der Waals surface area (Å²) < 4.78 is 0. The molecule has 1 aliphatic carbocycles. The number of thiazole rings is 1. The van der Waals surface area contributed by atoms with Crippen LogP contribution in [0.5, 0.6) is 0 Å². The largest absolute Gasteiger partial charge is 0.481 e. The molecular weight excluding hydrogens is 286 g/mol. The first kappa shape index (κ1) is 14.3. The number of carbonyl (C=O) groups is 3. The van der Waals surface area contributed by atoms with Crippen LogP contribution in [0.15, 0.2) is 5.38 Å². The van der Waals surface area contributed by atoms with Crippen LogP contribution in [-0.2, 0) is 9.59 Å². The molecule has 0 radical (unpaired) electrons. The van der Waals surface area contributed by atoms with Gasteiger partial charge in [0.1, 0.15) is 6.04 Å². The maximum atomic E-state index is 11.6. The van der Waals surface area contributed by atoms with E-state index in [2.05, 4.69) is 15.6 Å². The maximum Gasteiger partial charge on any atom is 0.326 e. The van der Waals surface area contributed by atoms with Crippen LogP contribution in [-0.4, -0.2) is 39.2 Å². The number of urea groups is 1. The van der Waals surface area contributed by atoms with Crippen LogP contribution in [0.25, 0.3) is 0 Å². The minimum absolute atomic E-state index is 0.365. The molecule has 1 saturated carbocycles. The molecule has 8 nitrogen and oxygen atoms in total. The Labute approximate surface area is 117 Å². The number of anilines is 1. The minimum Gasteiger partial charge on any atom is -0.481 e. The Hall–Kier alpha value is -2.16. The van der Waals surface area contributed by atoms with E-state index in [4.69, 9.17) is 10.2 Å². The van der Waals surface area contributed by atoms with Crippen molar-refractivity contribution in [1.82, 2.24) is 10.3 Å². The van der Waals surface area contributed by atoms with Gasteiger partial charge in [0.05, 0.1) is 12.1 Å². The standard InChI is InChI=1S/C11H13N3O5S/c15-8(16)3-6(9(17)18)12-10(19)14-11-13-7(4-20-11)5-1-2-5/h4-6H,1-3H2,(H,15,16)(H,17,18)(H2,12,13,14,19)/t6-/m1/s1. The average Bonchev–Trinajstić information content (AvgIpc) is 3.09. The first-order chi connectivity index (χ1) is 9.45. The monoisotopic (exact) mass is 299 g/mol. The topological polar surface area (TPSA) is 129 Å². The number of nitrogens with one attached hydrogen (secondary N) is 2. The van der Waals surface area contributed by atoms with E-state index >= 15 is 0 Å². The van der Waals surface area contributed by atoms with E-state index in [9.17, 15) is 14.4 Å². The van der Waals surface area contributed by atoms with E-state index < -0.39 is 30.4 Å². The molecule has 1 aliphatic rings. The molecule has 0 unspecified atom stereocenters. The number of aliphatic carboxylic acids is 2. The van der Waals surface area contributed by atoms with E-state index in [1.165, 1.54) is 11.3 Å². The zero-order chi connectivity index (χ0) is 14.7. The number of hydrogen-bond acceptors (Lipinski definition) is 5. The molecule has 1 heterocycles. The maximum absolute atomic E-state index is 11.6. The molecule has 0 aromatic carbocycles. The van der Waals surface area contributed by atoms with E-state index in [0.29, 0.717) is 11.0 Å². The molecule has 9 heteroatoms. The number of rotatable bonds is 6. The van der Waals surface area contributed by atoms with Crippen LogP contribution < -0.4 is 10.6 Å². The molecule has 1 fully saturated rings. The van der Waals surface area contributed by atoms with Crippen LogP contribution in [0.2, 0.25) is 0 Å². The zero-order valence-corrected chi connectivity index (χ0v) is 11.1. The van der Waals surface area contributed by atoms with Crippen molar-refractivity contribution in [3.8, 4) is 0 Å². The van der Waals surface area contributed by atoms with E-state index in [1.54, 1.807) is 0 Å². The molecular formula is C11H13N3O5S. The minimum atomic E-state index is -1.48. The number of carbonyl (C=O) groups excluding carboxylic acids is 1. The highest BCUT2D eigenvalue weighted by atomic mass is 32.1. The van der Waals surface area contributed by atoms with Crippen molar-refractivity contribution in [1.29, 1.82) is 0 Å². The SMILES string of the molecule is O=C(O)C[C@@H](NC(=O)Nc1nc(C2CC2)cs1)C(=O)O. The Kier molecular flexibility index (Phi) is 4.18. The normalized spacial score (nSPS) is 15.4. The molecule has 2 rings (SSSR count). The molecule has 1 aromatic heterocycles. The second-order valence-corrected chi connectivity index (χ2v) is 5.30. The van der Waals surface area contributed by atoms with Gasteiger partial charge < -0.3 is 15.5 Å². The van der Waals surface area contributed by atoms with Crippen LogP contribution >= 0.6 is 11.3 Å². The van der Waals surface area contributed by atoms with Gasteiger partial charge in [0.2, 0.25) is 0 Å². The summed E-state index contributed by atoms with van der Waals surface area (Å²) in [4.78, 5) is 37.1. The van der Waals surface area contributed by atoms with Crippen LogP contribution in [0, 0.1) is 0 Å². The van der Waals surface area contributed by atoms with E-state index in [-0.39, 0.29) is 0 Å². The fourth-order valence-electron chi connectivity index (χ4n) is 1.58. The Balaban J connectivity index is 1.89. The van der Waals surface area contributed by atoms with E-state index in [1.807, 2.05) is 5.38 Å². The zero-order valence-electron chi connectivity index (χ0n) is 10.3. The van der Waals surface area contributed by atoms with Crippen LogP contribution in [0.1, 0.15) is 30.9 Å². The Morgan fingerprint density at radius 1 is 1.40 bits per heavy atom. The van der Waals surface area contributed by atoms with Gasteiger partial charge in [-0.25, -0.2) is 14.6 Å². The van der Waals surface area contributed by atoms with Gasteiger partial charge in [0, 0.05) is 11.3 Å². The molecule has 0 bridgehead atoms. The summed E-state index contributed by atoms with van der Waals surface area (Å²) in [5.74, 6) is -2.24. The second kappa shape index (κ2) is 5.87.